The zero-order valence-corrected chi connectivity index (χ0v) is 13.7. The van der Waals surface area contributed by atoms with Crippen molar-refractivity contribution in [2.75, 3.05) is 7.05 Å². The van der Waals surface area contributed by atoms with Gasteiger partial charge >= 0.3 is 5.97 Å². The summed E-state index contributed by atoms with van der Waals surface area (Å²) in [6, 6.07) is 5.61. The van der Waals surface area contributed by atoms with Gasteiger partial charge in [0.15, 0.2) is 0 Å². The van der Waals surface area contributed by atoms with Gasteiger partial charge in [-0.3, -0.25) is 4.79 Å². The molecule has 21 heavy (non-hydrogen) atoms. The third kappa shape index (κ3) is 3.83. The topological polar surface area (TPSA) is 74.7 Å². The van der Waals surface area contributed by atoms with Crippen LogP contribution in [0.4, 0.5) is 0 Å². The molecule has 0 spiro atoms. The fourth-order valence-corrected chi connectivity index (χ4v) is 3.51. The Kier molecular flexibility index (Phi) is 5.92. The van der Waals surface area contributed by atoms with Gasteiger partial charge in [0.2, 0.25) is 10.0 Å². The highest BCUT2D eigenvalue weighted by Crippen LogP contribution is 2.23. The normalized spacial score (nSPS) is 14.9. The van der Waals surface area contributed by atoms with E-state index in [4.69, 9.17) is 5.11 Å². The summed E-state index contributed by atoms with van der Waals surface area (Å²) in [6.45, 7) is 5.80. The van der Waals surface area contributed by atoms with E-state index >= 15 is 0 Å². The Morgan fingerprint density at radius 3 is 2.10 bits per heavy atom. The molecule has 0 saturated carbocycles. The summed E-state index contributed by atoms with van der Waals surface area (Å²) in [4.78, 5) is 11.2. The minimum atomic E-state index is -3.79. The zero-order chi connectivity index (χ0) is 16.2. The number of likely N-dealkylation sites (N-methyl/N-ethyl adjacent to an activating group) is 1. The first-order chi connectivity index (χ1) is 9.75. The first-order valence-electron chi connectivity index (χ1n) is 7.06. The molecule has 0 saturated heterocycles. The predicted octanol–water partition coefficient (Wildman–Crippen LogP) is 2.68. The van der Waals surface area contributed by atoms with Gasteiger partial charge in [0.25, 0.3) is 0 Å². The van der Waals surface area contributed by atoms with Gasteiger partial charge in [-0.15, -0.1) is 0 Å². The molecule has 0 fully saturated rings. The van der Waals surface area contributed by atoms with Gasteiger partial charge in [0.05, 0.1) is 4.90 Å². The summed E-state index contributed by atoms with van der Waals surface area (Å²) in [7, 11) is -2.49. The predicted molar refractivity (Wildman–Crippen MR) is 81.8 cm³/mol. The van der Waals surface area contributed by atoms with E-state index in [1.165, 1.54) is 7.05 Å². The molecule has 0 bridgehead atoms. The van der Waals surface area contributed by atoms with Crippen LogP contribution >= 0.6 is 0 Å². The Morgan fingerprint density at radius 1 is 1.19 bits per heavy atom. The van der Waals surface area contributed by atoms with Crippen LogP contribution in [0, 0.1) is 0 Å². The average Bonchev–Trinajstić information content (AvgIpc) is 2.46. The second-order valence-electron chi connectivity index (χ2n) is 5.16. The van der Waals surface area contributed by atoms with Gasteiger partial charge in [0.1, 0.15) is 6.04 Å². The highest BCUT2D eigenvalue weighted by atomic mass is 32.2. The number of aliphatic carboxylic acids is 1. The van der Waals surface area contributed by atoms with Gasteiger partial charge in [-0.25, -0.2) is 8.42 Å². The molecule has 0 radical (unpaired) electrons. The second kappa shape index (κ2) is 7.04. The monoisotopic (exact) mass is 313 g/mol. The van der Waals surface area contributed by atoms with Crippen molar-refractivity contribution < 1.29 is 18.3 Å². The van der Waals surface area contributed by atoms with Crippen LogP contribution in [0.3, 0.4) is 0 Å². The lowest BCUT2D eigenvalue weighted by atomic mass is 9.99. The highest BCUT2D eigenvalue weighted by Gasteiger charge is 2.31. The van der Waals surface area contributed by atoms with Crippen LogP contribution < -0.4 is 0 Å². The number of hydrogen-bond acceptors (Lipinski definition) is 3. The van der Waals surface area contributed by atoms with Gasteiger partial charge < -0.3 is 5.11 Å². The van der Waals surface area contributed by atoms with Crippen molar-refractivity contribution in [2.45, 2.75) is 50.5 Å². The van der Waals surface area contributed by atoms with Crippen LogP contribution in [0.15, 0.2) is 29.2 Å². The molecule has 5 nitrogen and oxygen atoms in total. The summed E-state index contributed by atoms with van der Waals surface area (Å²) in [6.07, 6.45) is 1.19. The molecule has 0 aliphatic carbocycles. The largest absolute Gasteiger partial charge is 0.480 e. The van der Waals surface area contributed by atoms with E-state index in [0.29, 0.717) is 5.92 Å². The molecule has 0 aliphatic rings. The Morgan fingerprint density at radius 2 is 1.71 bits per heavy atom. The summed E-state index contributed by atoms with van der Waals surface area (Å²) in [5.41, 5.74) is 1.07. The minimum absolute atomic E-state index is 0.122. The molecule has 1 N–H and O–H groups in total. The molecule has 118 valence electrons. The Balaban J connectivity index is 3.10. The summed E-state index contributed by atoms with van der Waals surface area (Å²) < 4.78 is 25.8. The van der Waals surface area contributed by atoms with E-state index in [1.807, 2.05) is 0 Å². The van der Waals surface area contributed by atoms with Crippen LogP contribution in [-0.4, -0.2) is 36.9 Å². The van der Waals surface area contributed by atoms with Crippen LogP contribution in [0.5, 0.6) is 0 Å². The van der Waals surface area contributed by atoms with Crippen LogP contribution in [-0.2, 0) is 14.8 Å². The molecule has 1 aromatic carbocycles. The fourth-order valence-electron chi connectivity index (χ4n) is 2.13. The minimum Gasteiger partial charge on any atom is -0.480 e. The van der Waals surface area contributed by atoms with E-state index in [9.17, 15) is 13.2 Å². The van der Waals surface area contributed by atoms with Gasteiger partial charge in [-0.2, -0.15) is 4.31 Å². The van der Waals surface area contributed by atoms with Crippen molar-refractivity contribution in [3.8, 4) is 0 Å². The van der Waals surface area contributed by atoms with Crippen molar-refractivity contribution in [3.05, 3.63) is 29.8 Å². The van der Waals surface area contributed by atoms with Gasteiger partial charge in [-0.05, 0) is 36.5 Å². The molecule has 1 rings (SSSR count). The van der Waals surface area contributed by atoms with Crippen LogP contribution in [0.25, 0.3) is 0 Å². The molecule has 0 heterocycles. The van der Waals surface area contributed by atoms with Crippen molar-refractivity contribution in [3.63, 3.8) is 0 Å². The number of carboxylic acids is 1. The maximum absolute atomic E-state index is 12.5. The first-order valence-corrected chi connectivity index (χ1v) is 8.50. The maximum atomic E-state index is 12.5. The quantitative estimate of drug-likeness (QED) is 0.840. The highest BCUT2D eigenvalue weighted by molar-refractivity contribution is 7.89. The molecule has 2 atom stereocenters. The number of carbonyl (C=O) groups is 1. The third-order valence-electron chi connectivity index (χ3n) is 3.85. The standard InChI is InChI=1S/C15H23NO4S/c1-5-11(3)12-7-9-13(10-8-12)21(19,20)16(4)14(6-2)15(17)18/h7-11,14H,5-6H2,1-4H3,(H,17,18). The van der Waals surface area contributed by atoms with E-state index < -0.39 is 22.0 Å². The van der Waals surface area contributed by atoms with Crippen LogP contribution in [0.1, 0.15) is 45.1 Å². The lowest BCUT2D eigenvalue weighted by molar-refractivity contribution is -0.141. The number of sulfonamides is 1. The summed E-state index contributed by atoms with van der Waals surface area (Å²) in [5.74, 6) is -0.776. The van der Waals surface area contributed by atoms with E-state index in [-0.39, 0.29) is 11.3 Å². The molecule has 6 heteroatoms. The molecule has 0 amide bonds. The number of nitrogens with zero attached hydrogens (tertiary/aromatic N) is 1. The summed E-state index contributed by atoms with van der Waals surface area (Å²) in [5, 5.41) is 9.10. The van der Waals surface area contributed by atoms with E-state index in [1.54, 1.807) is 31.2 Å². The van der Waals surface area contributed by atoms with Crippen LogP contribution in [0.2, 0.25) is 0 Å². The molecular formula is C15H23NO4S. The zero-order valence-electron chi connectivity index (χ0n) is 12.9. The SMILES string of the molecule is CCC(C)c1ccc(S(=O)(=O)N(C)C(CC)C(=O)O)cc1. The molecular weight excluding hydrogens is 290 g/mol. The summed E-state index contributed by atoms with van der Waals surface area (Å²) >= 11 is 0. The lowest BCUT2D eigenvalue weighted by Crippen LogP contribution is -2.41. The first kappa shape index (κ1) is 17.7. The number of rotatable bonds is 7. The van der Waals surface area contributed by atoms with Gasteiger partial charge in [-0.1, -0.05) is 32.9 Å². The van der Waals surface area contributed by atoms with Crippen molar-refractivity contribution in [1.29, 1.82) is 0 Å². The average molecular weight is 313 g/mol. The Labute approximate surface area is 126 Å². The second-order valence-corrected chi connectivity index (χ2v) is 7.16. The molecule has 2 unspecified atom stereocenters. The maximum Gasteiger partial charge on any atom is 0.321 e. The number of benzene rings is 1. The number of hydrogen-bond donors (Lipinski definition) is 1. The number of carboxylic acid groups (broad SMARTS) is 1. The Hall–Kier alpha value is -1.40. The lowest BCUT2D eigenvalue weighted by Gasteiger charge is -2.23. The smallest absolute Gasteiger partial charge is 0.321 e. The Bertz CT molecular complexity index is 580. The molecule has 0 aliphatic heterocycles. The fraction of sp³-hybridized carbons (Fsp3) is 0.533. The van der Waals surface area contributed by atoms with E-state index in [2.05, 4.69) is 13.8 Å². The molecule has 0 aromatic heterocycles. The van der Waals surface area contributed by atoms with Gasteiger partial charge in [0, 0.05) is 7.05 Å². The molecule has 1 aromatic rings. The van der Waals surface area contributed by atoms with Crippen molar-refractivity contribution in [1.82, 2.24) is 4.31 Å². The third-order valence-corrected chi connectivity index (χ3v) is 5.73. The van der Waals surface area contributed by atoms with Crippen molar-refractivity contribution in [2.24, 2.45) is 0 Å². The van der Waals surface area contributed by atoms with Crippen molar-refractivity contribution >= 4 is 16.0 Å². The van der Waals surface area contributed by atoms with E-state index in [0.717, 1.165) is 16.3 Å².